The van der Waals surface area contributed by atoms with Crippen molar-refractivity contribution in [3.05, 3.63) is 46.6 Å². The zero-order valence-electron chi connectivity index (χ0n) is 11.9. The van der Waals surface area contributed by atoms with Gasteiger partial charge in [-0.2, -0.15) is 5.10 Å². The molecule has 0 saturated heterocycles. The molecule has 0 aliphatic rings. The highest BCUT2D eigenvalue weighted by Crippen LogP contribution is 2.25. The monoisotopic (exact) mass is 311 g/mol. The van der Waals surface area contributed by atoms with Gasteiger partial charge in [-0.05, 0) is 24.6 Å². The summed E-state index contributed by atoms with van der Waals surface area (Å²) in [5, 5.41) is 15.0. The van der Waals surface area contributed by atoms with Crippen LogP contribution in [0, 0.1) is 0 Å². The van der Waals surface area contributed by atoms with Crippen LogP contribution in [0.2, 0.25) is 5.02 Å². The number of nitrogens with two attached hydrogens (primary N) is 1. The molecule has 1 aromatic carbocycles. The van der Waals surface area contributed by atoms with E-state index in [1.807, 2.05) is 0 Å². The first-order valence-electron chi connectivity index (χ1n) is 6.47. The molecule has 2 atom stereocenters. The fourth-order valence-electron chi connectivity index (χ4n) is 2.02. The summed E-state index contributed by atoms with van der Waals surface area (Å²) < 4.78 is 1.53. The molecule has 0 aliphatic heterocycles. The van der Waals surface area contributed by atoms with Gasteiger partial charge in [0.05, 0.1) is 26.0 Å². The highest BCUT2D eigenvalue weighted by molar-refractivity contribution is 6.30. The van der Waals surface area contributed by atoms with E-state index in [9.17, 15) is 5.11 Å². The Morgan fingerprint density at radius 2 is 2.05 bits per heavy atom. The molecule has 0 saturated carbocycles. The van der Waals surface area contributed by atoms with Crippen molar-refractivity contribution in [1.82, 2.24) is 9.78 Å². The minimum atomic E-state index is -0.726. The van der Waals surface area contributed by atoms with Crippen LogP contribution in [0.25, 0.3) is 0 Å². The van der Waals surface area contributed by atoms with Crippen molar-refractivity contribution in [2.45, 2.75) is 25.7 Å². The predicted octanol–water partition coefficient (Wildman–Crippen LogP) is 2.49. The molecule has 2 aromatic rings. The van der Waals surface area contributed by atoms with Gasteiger partial charge in [-0.3, -0.25) is 0 Å². The highest BCUT2D eigenvalue weighted by atomic mass is 35.5. The second-order valence-corrected chi connectivity index (χ2v) is 5.08. The Labute approximate surface area is 128 Å². The lowest BCUT2D eigenvalue weighted by Crippen LogP contribution is -2.13. The van der Waals surface area contributed by atoms with Crippen molar-refractivity contribution in [2.75, 3.05) is 12.8 Å². The second-order valence-electron chi connectivity index (χ2n) is 4.64. The fourth-order valence-corrected chi connectivity index (χ4v) is 2.14. The maximum absolute atomic E-state index is 10.2. The van der Waals surface area contributed by atoms with Gasteiger partial charge in [-0.25, -0.2) is 14.5 Å². The van der Waals surface area contributed by atoms with E-state index < -0.39 is 6.10 Å². The van der Waals surface area contributed by atoms with Crippen LogP contribution in [0.5, 0.6) is 0 Å². The molecule has 3 N–H and O–H groups in total. The molecule has 0 radical (unpaired) electrons. The lowest BCUT2D eigenvalue weighted by atomic mass is 10.1. The molecule has 0 spiro atoms. The van der Waals surface area contributed by atoms with E-state index in [1.165, 1.54) is 11.8 Å². The van der Waals surface area contributed by atoms with Crippen LogP contribution in [-0.2, 0) is 16.3 Å². The van der Waals surface area contributed by atoms with Gasteiger partial charge in [0.25, 0.3) is 0 Å². The van der Waals surface area contributed by atoms with E-state index in [1.54, 1.807) is 37.4 Å². The van der Waals surface area contributed by atoms with Gasteiger partial charge in [0.2, 0.25) is 0 Å². The molecule has 2 rings (SSSR count). The third-order valence-corrected chi connectivity index (χ3v) is 3.44. The SMILES string of the molecule is COOC(C)c1cnn(CC(O)c2ccc(Cl)cc2)c1N. The normalized spacial score (nSPS) is 14.1. The molecule has 2 unspecified atom stereocenters. The van der Waals surface area contributed by atoms with Crippen molar-refractivity contribution < 1.29 is 14.9 Å². The van der Waals surface area contributed by atoms with Crippen LogP contribution in [0.15, 0.2) is 30.5 Å². The van der Waals surface area contributed by atoms with Crippen molar-refractivity contribution in [2.24, 2.45) is 0 Å². The number of rotatable bonds is 6. The number of nitrogens with zero attached hydrogens (tertiary/aromatic N) is 2. The van der Waals surface area contributed by atoms with Crippen LogP contribution in [0.3, 0.4) is 0 Å². The van der Waals surface area contributed by atoms with Crippen molar-refractivity contribution >= 4 is 17.4 Å². The molecule has 0 bridgehead atoms. The molecule has 114 valence electrons. The topological polar surface area (TPSA) is 82.5 Å². The lowest BCUT2D eigenvalue weighted by Gasteiger charge is -2.13. The van der Waals surface area contributed by atoms with Crippen LogP contribution in [0.4, 0.5) is 5.82 Å². The van der Waals surface area contributed by atoms with E-state index in [-0.39, 0.29) is 12.6 Å². The van der Waals surface area contributed by atoms with E-state index in [0.717, 1.165) is 5.56 Å². The smallest absolute Gasteiger partial charge is 0.127 e. The molecular weight excluding hydrogens is 294 g/mol. The van der Waals surface area contributed by atoms with Crippen molar-refractivity contribution in [3.8, 4) is 0 Å². The van der Waals surface area contributed by atoms with Gasteiger partial charge in [-0.1, -0.05) is 23.7 Å². The van der Waals surface area contributed by atoms with Crippen LogP contribution >= 0.6 is 11.6 Å². The summed E-state index contributed by atoms with van der Waals surface area (Å²) in [6.07, 6.45) is 0.542. The summed E-state index contributed by atoms with van der Waals surface area (Å²) in [6.45, 7) is 2.05. The zero-order chi connectivity index (χ0) is 15.4. The molecule has 0 fully saturated rings. The predicted molar refractivity (Wildman–Crippen MR) is 79.6 cm³/mol. The first kappa shape index (κ1) is 15.8. The summed E-state index contributed by atoms with van der Waals surface area (Å²) in [7, 11) is 1.43. The maximum atomic E-state index is 10.2. The first-order valence-corrected chi connectivity index (χ1v) is 6.85. The Morgan fingerprint density at radius 3 is 2.67 bits per heavy atom. The van der Waals surface area contributed by atoms with E-state index in [2.05, 4.69) is 9.99 Å². The van der Waals surface area contributed by atoms with E-state index in [4.69, 9.17) is 22.2 Å². The minimum Gasteiger partial charge on any atom is -0.386 e. The Hall–Kier alpha value is -1.60. The van der Waals surface area contributed by atoms with E-state index in [0.29, 0.717) is 16.4 Å². The standard InChI is InChI=1S/C14H18ClN3O3/c1-9(21-20-2)12-7-17-18(14(12)16)8-13(19)10-3-5-11(15)6-4-10/h3-7,9,13,19H,8,16H2,1-2H3. The number of aliphatic hydroxyl groups is 1. The van der Waals surface area contributed by atoms with Gasteiger partial charge < -0.3 is 10.8 Å². The molecule has 1 aromatic heterocycles. The number of hydrogen-bond donors (Lipinski definition) is 2. The highest BCUT2D eigenvalue weighted by Gasteiger charge is 2.17. The summed E-state index contributed by atoms with van der Waals surface area (Å²) >= 11 is 5.82. The number of hydrogen-bond acceptors (Lipinski definition) is 5. The Bertz CT molecular complexity index is 586. The number of aromatic nitrogens is 2. The van der Waals surface area contributed by atoms with Crippen LogP contribution < -0.4 is 5.73 Å². The van der Waals surface area contributed by atoms with Crippen molar-refractivity contribution in [1.29, 1.82) is 0 Å². The molecule has 6 nitrogen and oxygen atoms in total. The first-order chi connectivity index (χ1) is 10.0. The quantitative estimate of drug-likeness (QED) is 0.632. The van der Waals surface area contributed by atoms with Gasteiger partial charge >= 0.3 is 0 Å². The average Bonchev–Trinajstić information content (AvgIpc) is 2.81. The zero-order valence-corrected chi connectivity index (χ0v) is 12.6. The number of nitrogen functional groups attached to an aromatic ring is 1. The van der Waals surface area contributed by atoms with Crippen LogP contribution in [0.1, 0.15) is 30.3 Å². The minimum absolute atomic E-state index is 0.243. The molecule has 21 heavy (non-hydrogen) atoms. The van der Waals surface area contributed by atoms with Gasteiger partial charge in [-0.15, -0.1) is 0 Å². The molecule has 0 amide bonds. The lowest BCUT2D eigenvalue weighted by molar-refractivity contribution is -0.303. The largest absolute Gasteiger partial charge is 0.386 e. The molecule has 7 heteroatoms. The third kappa shape index (κ3) is 3.74. The number of anilines is 1. The number of halogens is 1. The van der Waals surface area contributed by atoms with Crippen LogP contribution in [-0.4, -0.2) is 22.0 Å². The number of benzene rings is 1. The maximum Gasteiger partial charge on any atom is 0.127 e. The van der Waals surface area contributed by atoms with E-state index >= 15 is 0 Å². The van der Waals surface area contributed by atoms with Gasteiger partial charge in [0, 0.05) is 10.6 Å². The van der Waals surface area contributed by atoms with Gasteiger partial charge in [0.1, 0.15) is 11.9 Å². The molecule has 0 aliphatic carbocycles. The fraction of sp³-hybridized carbons (Fsp3) is 0.357. The summed E-state index contributed by atoms with van der Waals surface area (Å²) in [5.74, 6) is 0.438. The second kappa shape index (κ2) is 6.91. The Balaban J connectivity index is 2.11. The molecular formula is C14H18ClN3O3. The van der Waals surface area contributed by atoms with Gasteiger partial charge in [0.15, 0.2) is 0 Å². The molecule has 1 heterocycles. The third-order valence-electron chi connectivity index (χ3n) is 3.19. The summed E-state index contributed by atoms with van der Waals surface area (Å²) in [4.78, 5) is 9.64. The Kier molecular flexibility index (Phi) is 5.19. The summed E-state index contributed by atoms with van der Waals surface area (Å²) in [5.41, 5.74) is 7.47. The summed E-state index contributed by atoms with van der Waals surface area (Å²) in [6, 6.07) is 6.99. The Morgan fingerprint density at radius 1 is 1.38 bits per heavy atom. The number of aliphatic hydroxyl groups excluding tert-OH is 1. The van der Waals surface area contributed by atoms with Crippen molar-refractivity contribution in [3.63, 3.8) is 0 Å². The average molecular weight is 312 g/mol.